The van der Waals surface area contributed by atoms with Crippen LogP contribution >= 0.6 is 0 Å². The van der Waals surface area contributed by atoms with Gasteiger partial charge in [-0.1, -0.05) is 54.6 Å². The Labute approximate surface area is 189 Å². The lowest BCUT2D eigenvalue weighted by atomic mass is 9.77. The average molecular weight is 428 g/mol. The lowest BCUT2D eigenvalue weighted by Crippen LogP contribution is -2.37. The summed E-state index contributed by atoms with van der Waals surface area (Å²) in [6.07, 6.45) is 4.20. The van der Waals surface area contributed by atoms with Crippen LogP contribution in [-0.4, -0.2) is 37.1 Å². The predicted molar refractivity (Wildman–Crippen MR) is 125 cm³/mol. The summed E-state index contributed by atoms with van der Waals surface area (Å²) in [6, 6.07) is 26.4. The molecule has 0 radical (unpaired) electrons. The van der Waals surface area contributed by atoms with Crippen LogP contribution in [0.1, 0.15) is 40.7 Å². The number of carbonyl (C=O) groups excluding carboxylic acids is 1. The predicted octanol–water partition coefficient (Wildman–Crippen LogP) is 5.26. The fraction of sp³-hybridized carbons (Fsp3) is 0.321. The van der Waals surface area contributed by atoms with Crippen molar-refractivity contribution in [1.82, 2.24) is 4.90 Å². The largest absolute Gasteiger partial charge is 0.493 e. The molecular formula is C28H29NO3. The summed E-state index contributed by atoms with van der Waals surface area (Å²) in [5.74, 6) is 1.77. The van der Waals surface area contributed by atoms with Gasteiger partial charge in [0.05, 0.1) is 5.41 Å². The van der Waals surface area contributed by atoms with Crippen molar-refractivity contribution in [2.45, 2.75) is 31.1 Å². The molecule has 1 fully saturated rings. The number of para-hydroxylation sites is 1. The minimum Gasteiger partial charge on any atom is -0.493 e. The zero-order valence-corrected chi connectivity index (χ0v) is 18.3. The molecule has 3 aromatic rings. The van der Waals surface area contributed by atoms with Gasteiger partial charge in [-0.2, -0.15) is 0 Å². The topological polar surface area (TPSA) is 38.8 Å². The molecule has 32 heavy (non-hydrogen) atoms. The third-order valence-electron chi connectivity index (χ3n) is 6.59. The van der Waals surface area contributed by atoms with Crippen molar-refractivity contribution in [2.24, 2.45) is 0 Å². The first-order chi connectivity index (χ1) is 15.7. The van der Waals surface area contributed by atoms with Crippen LogP contribution in [0.3, 0.4) is 0 Å². The van der Waals surface area contributed by atoms with E-state index in [1.807, 2.05) is 53.4 Å². The van der Waals surface area contributed by atoms with Gasteiger partial charge < -0.3 is 14.4 Å². The quantitative estimate of drug-likeness (QED) is 0.538. The molecule has 164 valence electrons. The summed E-state index contributed by atoms with van der Waals surface area (Å²) in [4.78, 5) is 15.0. The van der Waals surface area contributed by atoms with Crippen LogP contribution in [0, 0.1) is 0 Å². The zero-order chi connectivity index (χ0) is 21.8. The van der Waals surface area contributed by atoms with E-state index >= 15 is 0 Å². The van der Waals surface area contributed by atoms with Crippen LogP contribution in [0.2, 0.25) is 0 Å². The monoisotopic (exact) mass is 427 g/mol. The summed E-state index contributed by atoms with van der Waals surface area (Å²) >= 11 is 0. The molecule has 0 bridgehead atoms. The molecule has 4 nitrogen and oxygen atoms in total. The van der Waals surface area contributed by atoms with E-state index in [9.17, 15) is 4.79 Å². The van der Waals surface area contributed by atoms with Crippen LogP contribution in [0.25, 0.3) is 0 Å². The molecule has 0 spiro atoms. The fourth-order valence-corrected chi connectivity index (χ4v) is 4.83. The molecular weight excluding hydrogens is 398 g/mol. The van der Waals surface area contributed by atoms with Crippen LogP contribution < -0.4 is 9.47 Å². The highest BCUT2D eigenvalue weighted by Crippen LogP contribution is 2.42. The Morgan fingerprint density at radius 3 is 2.38 bits per heavy atom. The van der Waals surface area contributed by atoms with E-state index in [1.165, 1.54) is 12.0 Å². The maximum absolute atomic E-state index is 13.0. The first kappa shape index (κ1) is 20.6. The van der Waals surface area contributed by atoms with Crippen molar-refractivity contribution in [3.8, 4) is 11.5 Å². The number of amides is 1. The maximum atomic E-state index is 13.0. The second-order valence-electron chi connectivity index (χ2n) is 8.90. The number of hydrogen-bond acceptors (Lipinski definition) is 3. The van der Waals surface area contributed by atoms with Gasteiger partial charge in [0.25, 0.3) is 5.91 Å². The van der Waals surface area contributed by atoms with Gasteiger partial charge >= 0.3 is 0 Å². The first-order valence-corrected chi connectivity index (χ1v) is 11.5. The van der Waals surface area contributed by atoms with Gasteiger partial charge in [0.2, 0.25) is 0 Å². The number of fused-ring (bicyclic) bond motifs is 1. The molecule has 4 heteroatoms. The number of ether oxygens (including phenoxy) is 2. The van der Waals surface area contributed by atoms with E-state index in [0.717, 1.165) is 49.4 Å². The van der Waals surface area contributed by atoms with Crippen LogP contribution in [0.4, 0.5) is 0 Å². The molecule has 3 aromatic carbocycles. The van der Waals surface area contributed by atoms with Crippen LogP contribution in [-0.2, 0) is 11.8 Å². The van der Waals surface area contributed by atoms with Gasteiger partial charge in [-0.15, -0.1) is 0 Å². The molecule has 5 rings (SSSR count). The van der Waals surface area contributed by atoms with Crippen molar-refractivity contribution < 1.29 is 14.3 Å². The second kappa shape index (κ2) is 9.07. The van der Waals surface area contributed by atoms with E-state index in [1.54, 1.807) is 0 Å². The molecule has 1 saturated heterocycles. The number of likely N-dealkylation sites (tertiary alicyclic amines) is 1. The van der Waals surface area contributed by atoms with Crippen molar-refractivity contribution in [1.29, 1.82) is 0 Å². The van der Waals surface area contributed by atoms with Gasteiger partial charge in [0.15, 0.2) is 0 Å². The normalized spacial score (nSPS) is 19.8. The number of hydrogen-bond donors (Lipinski definition) is 0. The highest BCUT2D eigenvalue weighted by atomic mass is 16.5. The lowest BCUT2D eigenvalue weighted by molar-refractivity contribution is 0.0724. The maximum Gasteiger partial charge on any atom is 0.253 e. The first-order valence-electron chi connectivity index (χ1n) is 11.5. The lowest BCUT2D eigenvalue weighted by Gasteiger charge is -2.29. The van der Waals surface area contributed by atoms with Crippen LogP contribution in [0.5, 0.6) is 11.5 Å². The second-order valence-corrected chi connectivity index (χ2v) is 8.90. The van der Waals surface area contributed by atoms with Crippen molar-refractivity contribution >= 4 is 5.91 Å². The molecule has 0 N–H and O–H groups in total. The standard InChI is InChI=1S/C28H29NO3/c30-27(29-16-8-3-9-17-29)23-14-15-25-26(18-23)32-21-28(25,19-22-10-4-1-5-11-22)20-31-24-12-6-2-7-13-24/h1-2,4-7,10-15,18H,3,8-9,16-17,19-21H2. The number of rotatable bonds is 6. The van der Waals surface area contributed by atoms with Gasteiger partial charge in [-0.3, -0.25) is 4.79 Å². The summed E-state index contributed by atoms with van der Waals surface area (Å²) in [7, 11) is 0. The van der Waals surface area contributed by atoms with Crippen molar-refractivity contribution in [3.63, 3.8) is 0 Å². The minimum atomic E-state index is -0.306. The molecule has 2 heterocycles. The van der Waals surface area contributed by atoms with Gasteiger partial charge in [0.1, 0.15) is 24.7 Å². The van der Waals surface area contributed by atoms with Crippen LogP contribution in [0.15, 0.2) is 78.9 Å². The Morgan fingerprint density at radius 1 is 0.906 bits per heavy atom. The fourth-order valence-electron chi connectivity index (χ4n) is 4.83. The average Bonchev–Trinajstić information content (AvgIpc) is 3.22. The Morgan fingerprint density at radius 2 is 1.62 bits per heavy atom. The zero-order valence-electron chi connectivity index (χ0n) is 18.3. The Kier molecular flexibility index (Phi) is 5.85. The summed E-state index contributed by atoms with van der Waals surface area (Å²) < 4.78 is 12.4. The third kappa shape index (κ3) is 4.22. The highest BCUT2D eigenvalue weighted by molar-refractivity contribution is 5.95. The molecule has 2 aliphatic rings. The van der Waals surface area contributed by atoms with E-state index in [4.69, 9.17) is 9.47 Å². The molecule has 1 unspecified atom stereocenters. The summed E-state index contributed by atoms with van der Waals surface area (Å²) in [5.41, 5.74) is 2.77. The SMILES string of the molecule is O=C(c1ccc2c(c1)OCC2(COc1ccccc1)Cc1ccccc1)N1CCCCC1. The van der Waals surface area contributed by atoms with Crippen molar-refractivity contribution in [2.75, 3.05) is 26.3 Å². The van der Waals surface area contributed by atoms with Gasteiger partial charge in [0, 0.05) is 24.2 Å². The Bertz CT molecular complexity index is 1060. The number of piperidine rings is 1. The Balaban J connectivity index is 1.43. The smallest absolute Gasteiger partial charge is 0.253 e. The van der Waals surface area contributed by atoms with Gasteiger partial charge in [-0.25, -0.2) is 0 Å². The molecule has 1 amide bonds. The Hall–Kier alpha value is -3.27. The van der Waals surface area contributed by atoms with E-state index in [-0.39, 0.29) is 11.3 Å². The van der Waals surface area contributed by atoms with E-state index < -0.39 is 0 Å². The van der Waals surface area contributed by atoms with E-state index in [2.05, 4.69) is 30.3 Å². The number of benzene rings is 3. The van der Waals surface area contributed by atoms with Gasteiger partial charge in [-0.05, 0) is 55.5 Å². The highest BCUT2D eigenvalue weighted by Gasteiger charge is 2.42. The summed E-state index contributed by atoms with van der Waals surface area (Å²) in [6.45, 7) is 2.74. The number of carbonyl (C=O) groups is 1. The minimum absolute atomic E-state index is 0.109. The summed E-state index contributed by atoms with van der Waals surface area (Å²) in [5, 5.41) is 0. The number of nitrogens with zero attached hydrogens (tertiary/aromatic N) is 1. The van der Waals surface area contributed by atoms with Crippen molar-refractivity contribution in [3.05, 3.63) is 95.6 Å². The molecule has 0 saturated carbocycles. The third-order valence-corrected chi connectivity index (χ3v) is 6.59. The molecule has 0 aromatic heterocycles. The molecule has 2 aliphatic heterocycles. The molecule has 1 atom stereocenters. The molecule has 0 aliphatic carbocycles. The van der Waals surface area contributed by atoms with E-state index in [0.29, 0.717) is 18.8 Å².